The lowest BCUT2D eigenvalue weighted by Crippen LogP contribution is -2.31. The Hall–Kier alpha value is -3.00. The maximum absolute atomic E-state index is 4.64. The first-order chi connectivity index (χ1) is 11.8. The summed E-state index contributed by atoms with van der Waals surface area (Å²) in [5.74, 6) is 0. The Bertz CT molecular complexity index is 1020. The van der Waals surface area contributed by atoms with Crippen molar-refractivity contribution in [1.82, 2.24) is 4.98 Å². The van der Waals surface area contributed by atoms with Crippen LogP contribution in [0.15, 0.2) is 79.1 Å². The monoisotopic (exact) mass is 311 g/mol. The number of hydrogen-bond donors (Lipinski definition) is 0. The van der Waals surface area contributed by atoms with Crippen molar-refractivity contribution < 1.29 is 4.57 Å². The summed E-state index contributed by atoms with van der Waals surface area (Å²) < 4.78 is 2.22. The zero-order valence-electron chi connectivity index (χ0n) is 13.9. The average molecular weight is 311 g/mol. The third-order valence-electron chi connectivity index (χ3n) is 4.47. The Labute approximate surface area is 142 Å². The van der Waals surface area contributed by atoms with Gasteiger partial charge in [-0.3, -0.25) is 4.98 Å². The van der Waals surface area contributed by atoms with Crippen molar-refractivity contribution in [2.24, 2.45) is 7.05 Å². The number of hydrogen-bond acceptors (Lipinski definition) is 1. The summed E-state index contributed by atoms with van der Waals surface area (Å²) in [6, 6.07) is 23.1. The van der Waals surface area contributed by atoms with Gasteiger partial charge >= 0.3 is 0 Å². The van der Waals surface area contributed by atoms with Crippen molar-refractivity contribution in [3.05, 3.63) is 84.7 Å². The second kappa shape index (κ2) is 5.89. The van der Waals surface area contributed by atoms with Crippen LogP contribution in [0.1, 0.15) is 5.56 Å². The molecule has 0 spiro atoms. The molecule has 0 aliphatic heterocycles. The topological polar surface area (TPSA) is 16.8 Å². The van der Waals surface area contributed by atoms with Gasteiger partial charge < -0.3 is 0 Å². The number of fused-ring (bicyclic) bond motifs is 1. The van der Waals surface area contributed by atoms with Gasteiger partial charge in [0, 0.05) is 22.5 Å². The predicted molar refractivity (Wildman–Crippen MR) is 98.5 cm³/mol. The molecule has 0 saturated carbocycles. The van der Waals surface area contributed by atoms with Crippen LogP contribution in [0.4, 0.5) is 0 Å². The summed E-state index contributed by atoms with van der Waals surface area (Å²) in [5.41, 5.74) is 5.89. The fraction of sp³-hybridized carbons (Fsp3) is 0.0909. The smallest absolute Gasteiger partial charge is 0.222 e. The largest absolute Gasteiger partial charge is 0.256 e. The average Bonchev–Trinajstić information content (AvgIpc) is 2.62. The van der Waals surface area contributed by atoms with E-state index in [2.05, 4.69) is 84.3 Å². The first-order valence-corrected chi connectivity index (χ1v) is 8.14. The van der Waals surface area contributed by atoms with E-state index in [-0.39, 0.29) is 0 Å². The molecule has 116 valence electrons. The minimum absolute atomic E-state index is 1.00. The highest BCUT2D eigenvalue weighted by Gasteiger charge is 2.23. The van der Waals surface area contributed by atoms with Crippen LogP contribution in [0.25, 0.3) is 33.3 Å². The van der Waals surface area contributed by atoms with Crippen molar-refractivity contribution in [2.45, 2.75) is 6.92 Å². The first-order valence-electron chi connectivity index (χ1n) is 8.14. The third-order valence-corrected chi connectivity index (χ3v) is 4.47. The number of rotatable bonds is 2. The molecule has 0 aliphatic carbocycles. The van der Waals surface area contributed by atoms with E-state index in [9.17, 15) is 0 Å². The zero-order chi connectivity index (χ0) is 16.5. The van der Waals surface area contributed by atoms with Crippen molar-refractivity contribution in [3.8, 4) is 22.5 Å². The van der Waals surface area contributed by atoms with Crippen LogP contribution in [-0.2, 0) is 7.05 Å². The van der Waals surface area contributed by atoms with Crippen LogP contribution >= 0.6 is 0 Å². The molecule has 2 aromatic heterocycles. The molecule has 0 atom stereocenters. The molecule has 0 unspecified atom stereocenters. The van der Waals surface area contributed by atoms with Gasteiger partial charge in [-0.05, 0) is 36.8 Å². The van der Waals surface area contributed by atoms with Crippen LogP contribution in [0.2, 0.25) is 0 Å². The van der Waals surface area contributed by atoms with Gasteiger partial charge in [-0.15, -0.1) is 0 Å². The van der Waals surface area contributed by atoms with Crippen LogP contribution in [0, 0.1) is 6.92 Å². The molecule has 0 saturated heterocycles. The van der Waals surface area contributed by atoms with E-state index >= 15 is 0 Å². The van der Waals surface area contributed by atoms with Gasteiger partial charge in [0.1, 0.15) is 7.05 Å². The maximum Gasteiger partial charge on any atom is 0.222 e. The lowest BCUT2D eigenvalue weighted by molar-refractivity contribution is -0.658. The van der Waals surface area contributed by atoms with E-state index in [4.69, 9.17) is 0 Å². The highest BCUT2D eigenvalue weighted by atomic mass is 14.9. The Morgan fingerprint density at radius 2 is 1.58 bits per heavy atom. The normalized spacial score (nSPS) is 10.9. The van der Waals surface area contributed by atoms with E-state index in [0.717, 1.165) is 5.69 Å². The van der Waals surface area contributed by atoms with Gasteiger partial charge in [0.2, 0.25) is 5.69 Å². The molecule has 0 amide bonds. The molecule has 0 bridgehead atoms. The molecule has 2 nitrogen and oxygen atoms in total. The number of aromatic nitrogens is 2. The summed E-state index contributed by atoms with van der Waals surface area (Å²) in [4.78, 5) is 4.64. The standard InChI is InChI=1S/C22H19N2/c1-16-9-3-5-11-18(16)22-21(20-13-7-8-14-23-20)19-12-6-4-10-17(19)15-24(22)2/h3-15H,1-2H3/q+1. The second-order valence-corrected chi connectivity index (χ2v) is 6.08. The zero-order valence-corrected chi connectivity index (χ0v) is 13.9. The molecule has 2 heteroatoms. The molecule has 4 rings (SSSR count). The van der Waals surface area contributed by atoms with Crippen molar-refractivity contribution in [1.29, 1.82) is 0 Å². The van der Waals surface area contributed by atoms with E-state index in [1.54, 1.807) is 0 Å². The molecule has 2 aromatic carbocycles. The van der Waals surface area contributed by atoms with Gasteiger partial charge in [-0.25, -0.2) is 0 Å². The van der Waals surface area contributed by atoms with Crippen molar-refractivity contribution >= 4 is 10.8 Å². The Morgan fingerprint density at radius 3 is 2.38 bits per heavy atom. The SMILES string of the molecule is Cc1ccccc1-c1c(-c2ccccn2)c2ccccc2c[n+]1C. The van der Waals surface area contributed by atoms with Gasteiger partial charge in [0.25, 0.3) is 0 Å². The second-order valence-electron chi connectivity index (χ2n) is 6.08. The number of aryl methyl sites for hydroxylation is 2. The van der Waals surface area contributed by atoms with Gasteiger partial charge in [0.15, 0.2) is 6.20 Å². The van der Waals surface area contributed by atoms with E-state index in [1.807, 2.05) is 18.3 Å². The van der Waals surface area contributed by atoms with Gasteiger partial charge in [-0.1, -0.05) is 42.5 Å². The maximum atomic E-state index is 4.64. The molecule has 0 aliphatic rings. The molecule has 0 N–H and O–H groups in total. The summed E-state index contributed by atoms with van der Waals surface area (Å²) in [6.07, 6.45) is 4.06. The number of nitrogens with zero attached hydrogens (tertiary/aromatic N) is 2. The summed E-state index contributed by atoms with van der Waals surface area (Å²) in [6.45, 7) is 2.16. The fourth-order valence-corrected chi connectivity index (χ4v) is 3.35. The minimum atomic E-state index is 1.00. The van der Waals surface area contributed by atoms with Crippen molar-refractivity contribution in [3.63, 3.8) is 0 Å². The lowest BCUT2D eigenvalue weighted by atomic mass is 9.94. The Balaban J connectivity index is 2.17. The minimum Gasteiger partial charge on any atom is -0.256 e. The number of pyridine rings is 2. The van der Waals surface area contributed by atoms with Crippen LogP contribution < -0.4 is 4.57 Å². The van der Waals surface area contributed by atoms with Gasteiger partial charge in [0.05, 0.1) is 11.3 Å². The molecule has 2 heterocycles. The fourth-order valence-electron chi connectivity index (χ4n) is 3.35. The van der Waals surface area contributed by atoms with Gasteiger partial charge in [-0.2, -0.15) is 4.57 Å². The highest BCUT2D eigenvalue weighted by Crippen LogP contribution is 2.35. The highest BCUT2D eigenvalue weighted by molar-refractivity contribution is 6.00. The Morgan fingerprint density at radius 1 is 0.833 bits per heavy atom. The van der Waals surface area contributed by atoms with Crippen LogP contribution in [0.3, 0.4) is 0 Å². The Kier molecular flexibility index (Phi) is 3.58. The summed E-state index contributed by atoms with van der Waals surface area (Å²) >= 11 is 0. The third kappa shape index (κ3) is 2.37. The van der Waals surface area contributed by atoms with E-state index in [0.29, 0.717) is 0 Å². The quantitative estimate of drug-likeness (QED) is 0.490. The molecule has 0 radical (unpaired) electrons. The molecule has 0 fully saturated rings. The van der Waals surface area contributed by atoms with Crippen LogP contribution in [0.5, 0.6) is 0 Å². The first kappa shape index (κ1) is 14.6. The molecule has 24 heavy (non-hydrogen) atoms. The van der Waals surface area contributed by atoms with Crippen molar-refractivity contribution in [2.75, 3.05) is 0 Å². The summed E-state index contributed by atoms with van der Waals surface area (Å²) in [5, 5.41) is 2.45. The van der Waals surface area contributed by atoms with Crippen LogP contribution in [-0.4, -0.2) is 4.98 Å². The molecular weight excluding hydrogens is 292 g/mol. The molecular formula is C22H19N2+. The predicted octanol–water partition coefficient (Wildman–Crippen LogP) is 4.70. The van der Waals surface area contributed by atoms with E-state index in [1.165, 1.54) is 33.2 Å². The molecule has 4 aromatic rings. The number of benzene rings is 2. The summed E-state index contributed by atoms with van der Waals surface area (Å²) in [7, 11) is 2.11. The van der Waals surface area contributed by atoms with E-state index < -0.39 is 0 Å². The lowest BCUT2D eigenvalue weighted by Gasteiger charge is -2.12.